The van der Waals surface area contributed by atoms with E-state index in [1.165, 1.54) is 18.4 Å². The normalized spacial score (nSPS) is 24.9. The third-order valence-corrected chi connectivity index (χ3v) is 7.37. The Kier molecular flexibility index (Phi) is 7.51. The molecule has 0 spiro atoms. The van der Waals surface area contributed by atoms with Gasteiger partial charge in [-0.15, -0.1) is 11.3 Å². The standard InChI is InChI=1S/C25H33N5O4S/c1-25(2,3)29-15-8-9-20(16(13-15)24(33)34-4)30-12-10-18(23(30)32)27-21(31)22-28-19(14-35-22)17-7-5-6-11-26-17/h5-7,11,14-16,18,20,29H,8-10,12-13H2,1-4H3,(H,27,31)/t15-,16-,18?,20+/m1/s1. The Bertz CT molecular complexity index is 1070. The molecule has 188 valence electrons. The van der Waals surface area contributed by atoms with Crippen molar-refractivity contribution in [3.63, 3.8) is 0 Å². The van der Waals surface area contributed by atoms with Crippen LogP contribution in [0.2, 0.25) is 0 Å². The van der Waals surface area contributed by atoms with Crippen LogP contribution in [0.1, 0.15) is 56.3 Å². The molecule has 3 heterocycles. The molecule has 2 N–H and O–H groups in total. The van der Waals surface area contributed by atoms with Crippen LogP contribution in [0.25, 0.3) is 11.4 Å². The highest BCUT2D eigenvalue weighted by molar-refractivity contribution is 7.12. The van der Waals surface area contributed by atoms with E-state index < -0.39 is 12.0 Å². The summed E-state index contributed by atoms with van der Waals surface area (Å²) in [7, 11) is 1.39. The highest BCUT2D eigenvalue weighted by Gasteiger charge is 2.45. The average Bonchev–Trinajstić information content (AvgIpc) is 3.46. The van der Waals surface area contributed by atoms with E-state index in [-0.39, 0.29) is 40.4 Å². The van der Waals surface area contributed by atoms with Gasteiger partial charge < -0.3 is 20.3 Å². The largest absolute Gasteiger partial charge is 0.469 e. The summed E-state index contributed by atoms with van der Waals surface area (Å²) in [6.07, 6.45) is 4.36. The summed E-state index contributed by atoms with van der Waals surface area (Å²) in [6.45, 7) is 6.80. The van der Waals surface area contributed by atoms with Gasteiger partial charge in [0.05, 0.1) is 18.7 Å². The molecule has 9 nitrogen and oxygen atoms in total. The predicted octanol–water partition coefficient (Wildman–Crippen LogP) is 2.63. The van der Waals surface area contributed by atoms with Crippen molar-refractivity contribution < 1.29 is 19.1 Å². The molecule has 4 atom stereocenters. The predicted molar refractivity (Wildman–Crippen MR) is 133 cm³/mol. The second-order valence-corrected chi connectivity index (χ2v) is 11.1. The average molecular weight is 500 g/mol. The van der Waals surface area contributed by atoms with Gasteiger partial charge in [0.2, 0.25) is 5.91 Å². The second kappa shape index (κ2) is 10.4. The number of carbonyl (C=O) groups is 3. The van der Waals surface area contributed by atoms with Crippen LogP contribution in [0.4, 0.5) is 0 Å². The zero-order chi connectivity index (χ0) is 25.2. The third-order valence-electron chi connectivity index (χ3n) is 6.53. The Morgan fingerprint density at radius 2 is 1.97 bits per heavy atom. The van der Waals surface area contributed by atoms with Crippen LogP contribution >= 0.6 is 11.3 Å². The van der Waals surface area contributed by atoms with E-state index in [2.05, 4.69) is 41.4 Å². The number of hydrogen-bond acceptors (Lipinski definition) is 8. The van der Waals surface area contributed by atoms with Crippen LogP contribution in [0.3, 0.4) is 0 Å². The van der Waals surface area contributed by atoms with E-state index in [0.717, 1.165) is 6.42 Å². The Morgan fingerprint density at radius 3 is 2.66 bits per heavy atom. The molecular weight excluding hydrogens is 466 g/mol. The van der Waals surface area contributed by atoms with Crippen molar-refractivity contribution in [2.45, 2.75) is 70.1 Å². The van der Waals surface area contributed by atoms with Gasteiger partial charge >= 0.3 is 5.97 Å². The first-order valence-electron chi connectivity index (χ1n) is 12.0. The first-order chi connectivity index (χ1) is 16.7. The molecule has 1 aliphatic heterocycles. The maximum absolute atomic E-state index is 13.3. The summed E-state index contributed by atoms with van der Waals surface area (Å²) in [6, 6.07) is 4.83. The van der Waals surface area contributed by atoms with Gasteiger partial charge in [0.25, 0.3) is 5.91 Å². The monoisotopic (exact) mass is 499 g/mol. The fraction of sp³-hybridized carbons (Fsp3) is 0.560. The lowest BCUT2D eigenvalue weighted by molar-refractivity contribution is -0.151. The number of pyridine rings is 1. The van der Waals surface area contributed by atoms with E-state index in [1.807, 2.05) is 18.2 Å². The zero-order valence-electron chi connectivity index (χ0n) is 20.6. The lowest BCUT2D eigenvalue weighted by atomic mass is 9.80. The number of esters is 1. The van der Waals surface area contributed by atoms with Gasteiger partial charge in [0.15, 0.2) is 5.01 Å². The molecule has 2 aromatic rings. The highest BCUT2D eigenvalue weighted by Crippen LogP contribution is 2.33. The molecular formula is C25H33N5O4S. The minimum absolute atomic E-state index is 0.0662. The molecule has 35 heavy (non-hydrogen) atoms. The number of likely N-dealkylation sites (tertiary alicyclic amines) is 1. The maximum Gasteiger partial charge on any atom is 0.310 e. The van der Waals surface area contributed by atoms with Crippen molar-refractivity contribution in [1.82, 2.24) is 25.5 Å². The smallest absolute Gasteiger partial charge is 0.310 e. The minimum atomic E-state index is -0.631. The van der Waals surface area contributed by atoms with Crippen LogP contribution in [0.5, 0.6) is 0 Å². The third kappa shape index (κ3) is 5.87. The quantitative estimate of drug-likeness (QED) is 0.588. The van der Waals surface area contributed by atoms with Gasteiger partial charge in [-0.05, 0) is 58.6 Å². The minimum Gasteiger partial charge on any atom is -0.469 e. The van der Waals surface area contributed by atoms with Crippen molar-refractivity contribution in [1.29, 1.82) is 0 Å². The van der Waals surface area contributed by atoms with E-state index in [1.54, 1.807) is 16.5 Å². The Morgan fingerprint density at radius 1 is 1.17 bits per heavy atom. The van der Waals surface area contributed by atoms with Crippen LogP contribution in [-0.4, -0.2) is 70.0 Å². The SMILES string of the molecule is COC(=O)[C@@H]1C[C@H](NC(C)(C)C)CC[C@@H]1N1CCC(NC(=O)c2nc(-c3ccccn3)cs2)C1=O. The maximum atomic E-state index is 13.3. The zero-order valence-corrected chi connectivity index (χ0v) is 21.4. The second-order valence-electron chi connectivity index (χ2n) is 10.2. The number of methoxy groups -OCH3 is 1. The summed E-state index contributed by atoms with van der Waals surface area (Å²) in [5, 5.41) is 8.50. The highest BCUT2D eigenvalue weighted by atomic mass is 32.1. The van der Waals surface area contributed by atoms with Gasteiger partial charge in [0, 0.05) is 35.7 Å². The van der Waals surface area contributed by atoms with E-state index in [4.69, 9.17) is 4.74 Å². The first-order valence-corrected chi connectivity index (χ1v) is 12.9. The molecule has 1 aliphatic carbocycles. The van der Waals surface area contributed by atoms with E-state index in [0.29, 0.717) is 37.2 Å². The number of amides is 2. The molecule has 1 unspecified atom stereocenters. The molecule has 0 radical (unpaired) electrons. The molecule has 2 fully saturated rings. The van der Waals surface area contributed by atoms with Crippen LogP contribution in [-0.2, 0) is 14.3 Å². The van der Waals surface area contributed by atoms with Gasteiger partial charge in [-0.2, -0.15) is 0 Å². The van der Waals surface area contributed by atoms with Gasteiger partial charge in [-0.1, -0.05) is 6.07 Å². The molecule has 2 aromatic heterocycles. The van der Waals surface area contributed by atoms with Crippen LogP contribution in [0.15, 0.2) is 29.8 Å². The fourth-order valence-corrected chi connectivity index (χ4v) is 5.78. The number of nitrogens with one attached hydrogen (secondary N) is 2. The summed E-state index contributed by atoms with van der Waals surface area (Å²) in [5.74, 6) is -1.21. The Balaban J connectivity index is 1.41. The van der Waals surface area contributed by atoms with E-state index in [9.17, 15) is 14.4 Å². The lowest BCUT2D eigenvalue weighted by Crippen LogP contribution is -2.55. The number of rotatable bonds is 6. The van der Waals surface area contributed by atoms with Crippen molar-refractivity contribution in [3.8, 4) is 11.4 Å². The van der Waals surface area contributed by atoms with Gasteiger partial charge in [-0.3, -0.25) is 19.4 Å². The van der Waals surface area contributed by atoms with E-state index >= 15 is 0 Å². The van der Waals surface area contributed by atoms with Crippen molar-refractivity contribution in [2.24, 2.45) is 5.92 Å². The molecule has 4 rings (SSSR count). The van der Waals surface area contributed by atoms with Crippen molar-refractivity contribution >= 4 is 29.1 Å². The number of carbonyl (C=O) groups excluding carboxylic acids is 3. The summed E-state index contributed by atoms with van der Waals surface area (Å²) in [5.41, 5.74) is 1.25. The summed E-state index contributed by atoms with van der Waals surface area (Å²) < 4.78 is 5.09. The van der Waals surface area contributed by atoms with Gasteiger partial charge in [-0.25, -0.2) is 4.98 Å². The summed E-state index contributed by atoms with van der Waals surface area (Å²) >= 11 is 1.22. The Hall–Kier alpha value is -2.85. The molecule has 0 bridgehead atoms. The molecule has 2 amide bonds. The fourth-order valence-electron chi connectivity index (χ4n) is 5.07. The van der Waals surface area contributed by atoms with Gasteiger partial charge in [0.1, 0.15) is 11.7 Å². The van der Waals surface area contributed by atoms with Crippen molar-refractivity contribution in [2.75, 3.05) is 13.7 Å². The number of hydrogen-bond donors (Lipinski definition) is 2. The summed E-state index contributed by atoms with van der Waals surface area (Å²) in [4.78, 5) is 49.2. The molecule has 1 saturated carbocycles. The number of nitrogens with zero attached hydrogens (tertiary/aromatic N) is 3. The number of aromatic nitrogens is 2. The van der Waals surface area contributed by atoms with Crippen molar-refractivity contribution in [3.05, 3.63) is 34.8 Å². The molecule has 0 aromatic carbocycles. The van der Waals surface area contributed by atoms with Crippen LogP contribution in [0, 0.1) is 5.92 Å². The molecule has 10 heteroatoms. The molecule has 1 saturated heterocycles. The number of thiazole rings is 1. The molecule has 2 aliphatic rings. The lowest BCUT2D eigenvalue weighted by Gasteiger charge is -2.41. The van der Waals surface area contributed by atoms with Crippen LogP contribution < -0.4 is 10.6 Å². The Labute approximate surface area is 209 Å². The first kappa shape index (κ1) is 25.2. The number of ether oxygens (including phenoxy) is 1. The topological polar surface area (TPSA) is 114 Å².